The second-order valence-corrected chi connectivity index (χ2v) is 3.12. The standard InChI is InChI=1S/C10H15.4ClH.Ta/c1-6-7(2)9(4)10(5)8(6)3;;;;;/h1-5H3;4*1H;/q-1;;;;;+5/p-4. The molecule has 0 N–H and O–H groups in total. The summed E-state index contributed by atoms with van der Waals surface area (Å²) in [6.45, 7) is 11.0. The zero-order valence-electron chi connectivity index (χ0n) is 9.46. The van der Waals surface area contributed by atoms with Crippen LogP contribution in [0.2, 0.25) is 0 Å². The molecule has 0 aliphatic rings. The molecule has 0 atom stereocenters. The zero-order chi connectivity index (χ0) is 7.89. The van der Waals surface area contributed by atoms with Crippen LogP contribution in [0.1, 0.15) is 27.8 Å². The molecule has 1 aromatic rings. The van der Waals surface area contributed by atoms with Gasteiger partial charge in [0, 0.05) is 0 Å². The first-order chi connectivity index (χ1) is 4.55. The smallest absolute Gasteiger partial charge is 1.00 e. The van der Waals surface area contributed by atoms with E-state index in [1.165, 1.54) is 27.8 Å². The molecular weight excluding hydrogens is 443 g/mol. The molecule has 0 heterocycles. The van der Waals surface area contributed by atoms with Gasteiger partial charge < -0.3 is 49.6 Å². The van der Waals surface area contributed by atoms with Crippen molar-refractivity contribution in [1.29, 1.82) is 0 Å². The van der Waals surface area contributed by atoms with E-state index in [-0.39, 0.29) is 72.0 Å². The van der Waals surface area contributed by atoms with Crippen molar-refractivity contribution in [3.63, 3.8) is 0 Å². The monoisotopic (exact) mass is 456 g/mol. The third-order valence-corrected chi connectivity index (χ3v) is 2.81. The van der Waals surface area contributed by atoms with Crippen LogP contribution < -0.4 is 49.6 Å². The minimum Gasteiger partial charge on any atom is -1.00 e. The first-order valence-corrected chi connectivity index (χ1v) is 3.75. The Labute approximate surface area is 133 Å². The molecule has 0 nitrogen and oxygen atoms in total. The van der Waals surface area contributed by atoms with Gasteiger partial charge in [0.1, 0.15) is 0 Å². The van der Waals surface area contributed by atoms with E-state index in [2.05, 4.69) is 34.6 Å². The molecule has 0 spiro atoms. The third kappa shape index (κ3) is 5.93. The van der Waals surface area contributed by atoms with E-state index in [0.717, 1.165) is 0 Å². The Bertz CT molecular complexity index is 189. The Balaban J connectivity index is -0.0000000667. The topological polar surface area (TPSA) is 0 Å². The number of halogens is 4. The second-order valence-electron chi connectivity index (χ2n) is 3.12. The Morgan fingerprint density at radius 3 is 0.933 bits per heavy atom. The van der Waals surface area contributed by atoms with Crippen LogP contribution in [-0.4, -0.2) is 0 Å². The molecule has 88 valence electrons. The number of rotatable bonds is 0. The normalized spacial score (nSPS) is 7.00. The molecule has 0 aliphatic heterocycles. The summed E-state index contributed by atoms with van der Waals surface area (Å²) >= 11 is 0. The minimum atomic E-state index is 0. The summed E-state index contributed by atoms with van der Waals surface area (Å²) in [6, 6.07) is 0. The molecule has 0 aromatic heterocycles. The van der Waals surface area contributed by atoms with Crippen LogP contribution in [0.15, 0.2) is 0 Å². The van der Waals surface area contributed by atoms with Crippen LogP contribution >= 0.6 is 0 Å². The average molecular weight is 458 g/mol. The van der Waals surface area contributed by atoms with E-state index >= 15 is 0 Å². The van der Waals surface area contributed by atoms with Gasteiger partial charge in [-0.15, -0.1) is 0 Å². The fourth-order valence-electron chi connectivity index (χ4n) is 1.41. The van der Waals surface area contributed by atoms with E-state index in [4.69, 9.17) is 0 Å². The van der Waals surface area contributed by atoms with Crippen LogP contribution in [0.4, 0.5) is 0 Å². The maximum atomic E-state index is 2.20. The first kappa shape index (κ1) is 29.9. The SMILES string of the molecule is Cc1c(C)c(C)[c-](C)c1C.[Cl-].[Cl-].[Cl-].[Cl-].[Ta+5]. The van der Waals surface area contributed by atoms with Crippen molar-refractivity contribution in [3.8, 4) is 0 Å². The van der Waals surface area contributed by atoms with Gasteiger partial charge in [0.05, 0.1) is 0 Å². The summed E-state index contributed by atoms with van der Waals surface area (Å²) in [6.07, 6.45) is 0. The van der Waals surface area contributed by atoms with Crippen molar-refractivity contribution < 1.29 is 72.0 Å². The molecule has 5 heteroatoms. The molecule has 0 saturated heterocycles. The Kier molecular flexibility index (Phi) is 23.3. The van der Waals surface area contributed by atoms with Crippen LogP contribution in [-0.2, 0) is 22.4 Å². The maximum Gasteiger partial charge on any atom is 5.00 e. The summed E-state index contributed by atoms with van der Waals surface area (Å²) in [5, 5.41) is 0. The number of hydrogen-bond acceptors (Lipinski definition) is 0. The predicted molar refractivity (Wildman–Crippen MR) is 45.7 cm³/mol. The van der Waals surface area contributed by atoms with Gasteiger partial charge in [-0.05, 0) is 0 Å². The second kappa shape index (κ2) is 11.7. The predicted octanol–water partition coefficient (Wildman–Crippen LogP) is -9.04. The van der Waals surface area contributed by atoms with Crippen LogP contribution in [0.3, 0.4) is 0 Å². The maximum absolute atomic E-state index is 2.20. The van der Waals surface area contributed by atoms with E-state index in [0.29, 0.717) is 0 Å². The van der Waals surface area contributed by atoms with Gasteiger partial charge in [0.25, 0.3) is 0 Å². The van der Waals surface area contributed by atoms with Gasteiger partial charge in [-0.3, -0.25) is 0 Å². The molecular formula is C10H15Cl4Ta. The molecule has 1 aromatic carbocycles. The molecule has 0 saturated carbocycles. The fourth-order valence-corrected chi connectivity index (χ4v) is 1.41. The Hall–Kier alpha value is 1.25. The first-order valence-electron chi connectivity index (χ1n) is 3.75. The fraction of sp³-hybridized carbons (Fsp3) is 0.500. The minimum absolute atomic E-state index is 0. The average Bonchev–Trinajstić information content (AvgIpc) is 2.07. The van der Waals surface area contributed by atoms with Crippen LogP contribution in [0, 0.1) is 34.6 Å². The Morgan fingerprint density at radius 1 is 0.667 bits per heavy atom. The number of hydrogen-bond donors (Lipinski definition) is 0. The van der Waals surface area contributed by atoms with Gasteiger partial charge in [0.15, 0.2) is 0 Å². The van der Waals surface area contributed by atoms with E-state index in [9.17, 15) is 0 Å². The summed E-state index contributed by atoms with van der Waals surface area (Å²) in [5.74, 6) is 0. The van der Waals surface area contributed by atoms with Crippen molar-refractivity contribution in [1.82, 2.24) is 0 Å². The summed E-state index contributed by atoms with van der Waals surface area (Å²) < 4.78 is 0. The van der Waals surface area contributed by atoms with E-state index in [1.54, 1.807) is 0 Å². The summed E-state index contributed by atoms with van der Waals surface area (Å²) in [5.41, 5.74) is 7.34. The Morgan fingerprint density at radius 2 is 0.867 bits per heavy atom. The van der Waals surface area contributed by atoms with Crippen LogP contribution in [0.5, 0.6) is 0 Å². The largest absolute Gasteiger partial charge is 5.00 e. The third-order valence-electron chi connectivity index (χ3n) is 2.81. The molecule has 15 heavy (non-hydrogen) atoms. The van der Waals surface area contributed by atoms with Crippen LogP contribution in [0.25, 0.3) is 0 Å². The van der Waals surface area contributed by atoms with Gasteiger partial charge in [-0.25, -0.2) is 0 Å². The van der Waals surface area contributed by atoms with Crippen molar-refractivity contribution in [2.24, 2.45) is 0 Å². The molecule has 0 amide bonds. The van der Waals surface area contributed by atoms with Gasteiger partial charge in [0.2, 0.25) is 0 Å². The van der Waals surface area contributed by atoms with Crippen molar-refractivity contribution >= 4 is 0 Å². The zero-order valence-corrected chi connectivity index (χ0v) is 15.7. The van der Waals surface area contributed by atoms with E-state index < -0.39 is 0 Å². The van der Waals surface area contributed by atoms with E-state index in [1.807, 2.05) is 0 Å². The quantitative estimate of drug-likeness (QED) is 0.340. The molecule has 0 fully saturated rings. The van der Waals surface area contributed by atoms with Crippen molar-refractivity contribution in [3.05, 3.63) is 27.8 Å². The summed E-state index contributed by atoms with van der Waals surface area (Å²) in [7, 11) is 0. The molecule has 0 aliphatic carbocycles. The van der Waals surface area contributed by atoms with Gasteiger partial charge in [-0.1, -0.05) is 34.6 Å². The molecule has 1 rings (SSSR count). The molecule has 0 radical (unpaired) electrons. The van der Waals surface area contributed by atoms with Crippen molar-refractivity contribution in [2.75, 3.05) is 0 Å². The summed E-state index contributed by atoms with van der Waals surface area (Å²) in [4.78, 5) is 0. The van der Waals surface area contributed by atoms with Gasteiger partial charge in [-0.2, -0.15) is 27.8 Å². The molecule has 0 unspecified atom stereocenters. The van der Waals surface area contributed by atoms with Crippen molar-refractivity contribution in [2.45, 2.75) is 34.6 Å². The molecule has 0 bridgehead atoms. The van der Waals surface area contributed by atoms with Gasteiger partial charge >= 0.3 is 22.4 Å².